The second kappa shape index (κ2) is 7.89. The minimum Gasteiger partial charge on any atom is -0.343 e. The van der Waals surface area contributed by atoms with Crippen LogP contribution in [0.1, 0.15) is 45.2 Å². The van der Waals surface area contributed by atoms with Gasteiger partial charge in [-0.1, -0.05) is 45.0 Å². The van der Waals surface area contributed by atoms with E-state index in [4.69, 9.17) is 0 Å². The average Bonchev–Trinajstić information content (AvgIpc) is 3.01. The highest BCUT2D eigenvalue weighted by molar-refractivity contribution is 5.74. The van der Waals surface area contributed by atoms with E-state index in [2.05, 4.69) is 50.4 Å². The summed E-state index contributed by atoms with van der Waals surface area (Å²) in [4.78, 5) is 27.2. The Balaban J connectivity index is 1.79. The van der Waals surface area contributed by atoms with Gasteiger partial charge in [-0.3, -0.25) is 4.79 Å². The highest BCUT2D eigenvalue weighted by Crippen LogP contribution is 2.22. The molecule has 1 saturated heterocycles. The van der Waals surface area contributed by atoms with E-state index in [9.17, 15) is 9.59 Å². The lowest BCUT2D eigenvalue weighted by Gasteiger charge is -2.22. The minimum atomic E-state index is -0.0684. The van der Waals surface area contributed by atoms with Gasteiger partial charge in [0, 0.05) is 40.2 Å². The molecule has 3 amide bonds. The van der Waals surface area contributed by atoms with E-state index < -0.39 is 0 Å². The number of hydrogen-bond acceptors (Lipinski definition) is 2. The first-order chi connectivity index (χ1) is 11.7. The maximum Gasteiger partial charge on any atom is 0.317 e. The van der Waals surface area contributed by atoms with Gasteiger partial charge in [-0.15, -0.1) is 0 Å². The van der Waals surface area contributed by atoms with Crippen LogP contribution in [-0.4, -0.2) is 48.4 Å². The lowest BCUT2D eigenvalue weighted by molar-refractivity contribution is -0.127. The average molecular weight is 345 g/mol. The summed E-state index contributed by atoms with van der Waals surface area (Å²) in [6.07, 6.45) is 0.964. The van der Waals surface area contributed by atoms with Gasteiger partial charge in [0.1, 0.15) is 0 Å². The van der Waals surface area contributed by atoms with Crippen molar-refractivity contribution in [2.45, 2.75) is 46.1 Å². The third kappa shape index (κ3) is 5.48. The number of amides is 3. The van der Waals surface area contributed by atoms with Crippen LogP contribution < -0.4 is 5.32 Å². The van der Waals surface area contributed by atoms with Gasteiger partial charge < -0.3 is 15.1 Å². The summed E-state index contributed by atoms with van der Waals surface area (Å²) < 4.78 is 0. The molecule has 1 heterocycles. The van der Waals surface area contributed by atoms with Gasteiger partial charge in [0.05, 0.1) is 0 Å². The standard InChI is InChI=1S/C20H31N3O2/c1-15(24)23-11-10-17(14-23)13-22(5)19(25)21-12-16-6-8-18(9-7-16)20(2,3)4/h6-9,17H,10-14H2,1-5H3,(H,21,25)/t17-/m0/s1. The number of likely N-dealkylation sites (tertiary alicyclic amines) is 1. The van der Waals surface area contributed by atoms with Gasteiger partial charge >= 0.3 is 6.03 Å². The van der Waals surface area contributed by atoms with Crippen molar-refractivity contribution < 1.29 is 9.59 Å². The largest absolute Gasteiger partial charge is 0.343 e. The van der Waals surface area contributed by atoms with Gasteiger partial charge in [0.25, 0.3) is 0 Å². The second-order valence-corrected chi connectivity index (χ2v) is 8.11. The molecule has 0 radical (unpaired) electrons. The first-order valence-corrected chi connectivity index (χ1v) is 9.00. The molecule has 1 fully saturated rings. The number of carbonyl (C=O) groups is 2. The second-order valence-electron chi connectivity index (χ2n) is 8.11. The molecule has 0 spiro atoms. The molecule has 1 aromatic rings. The summed E-state index contributed by atoms with van der Waals surface area (Å²) in [6.45, 7) is 10.9. The zero-order valence-electron chi connectivity index (χ0n) is 16.1. The molecule has 0 bridgehead atoms. The Morgan fingerprint density at radius 3 is 2.40 bits per heavy atom. The molecule has 0 aliphatic carbocycles. The lowest BCUT2D eigenvalue weighted by atomic mass is 9.87. The fraction of sp³-hybridized carbons (Fsp3) is 0.600. The van der Waals surface area contributed by atoms with Gasteiger partial charge in [-0.25, -0.2) is 4.79 Å². The summed E-state index contributed by atoms with van der Waals surface area (Å²) in [5.41, 5.74) is 2.52. The number of urea groups is 1. The number of hydrogen-bond donors (Lipinski definition) is 1. The Morgan fingerprint density at radius 2 is 1.88 bits per heavy atom. The fourth-order valence-electron chi connectivity index (χ4n) is 3.17. The number of carbonyl (C=O) groups excluding carboxylic acids is 2. The Morgan fingerprint density at radius 1 is 1.24 bits per heavy atom. The molecular weight excluding hydrogens is 314 g/mol. The van der Waals surface area contributed by atoms with Crippen molar-refractivity contribution in [2.24, 2.45) is 5.92 Å². The highest BCUT2D eigenvalue weighted by atomic mass is 16.2. The SMILES string of the molecule is CC(=O)N1CC[C@@H](CN(C)C(=O)NCc2ccc(C(C)(C)C)cc2)C1. The van der Waals surface area contributed by atoms with Crippen LogP contribution in [0.2, 0.25) is 0 Å². The van der Waals surface area contributed by atoms with E-state index in [0.717, 1.165) is 25.1 Å². The van der Waals surface area contributed by atoms with Crippen molar-refractivity contribution in [1.82, 2.24) is 15.1 Å². The molecule has 1 aliphatic heterocycles. The zero-order valence-corrected chi connectivity index (χ0v) is 16.1. The minimum absolute atomic E-state index is 0.0684. The Hall–Kier alpha value is -2.04. The molecule has 0 aromatic heterocycles. The van der Waals surface area contributed by atoms with Crippen LogP contribution in [0, 0.1) is 5.92 Å². The third-order valence-corrected chi connectivity index (χ3v) is 4.87. The monoisotopic (exact) mass is 345 g/mol. The van der Waals surface area contributed by atoms with E-state index in [1.807, 2.05) is 11.9 Å². The smallest absolute Gasteiger partial charge is 0.317 e. The maximum absolute atomic E-state index is 12.3. The predicted octanol–water partition coefficient (Wildman–Crippen LogP) is 2.99. The molecule has 5 nitrogen and oxygen atoms in total. The fourth-order valence-corrected chi connectivity index (χ4v) is 3.17. The van der Waals surface area contributed by atoms with E-state index in [-0.39, 0.29) is 17.4 Å². The third-order valence-electron chi connectivity index (χ3n) is 4.87. The molecule has 138 valence electrons. The van der Waals surface area contributed by atoms with Gasteiger partial charge in [-0.2, -0.15) is 0 Å². The van der Waals surface area contributed by atoms with Crippen molar-refractivity contribution in [2.75, 3.05) is 26.7 Å². The molecule has 1 aliphatic rings. The molecule has 25 heavy (non-hydrogen) atoms. The molecule has 2 rings (SSSR count). The first kappa shape index (κ1) is 19.3. The van der Waals surface area contributed by atoms with E-state index >= 15 is 0 Å². The maximum atomic E-state index is 12.3. The molecule has 1 aromatic carbocycles. The van der Waals surface area contributed by atoms with Crippen molar-refractivity contribution in [3.63, 3.8) is 0 Å². The van der Waals surface area contributed by atoms with Gasteiger partial charge in [-0.05, 0) is 28.9 Å². The van der Waals surface area contributed by atoms with Crippen molar-refractivity contribution in [3.05, 3.63) is 35.4 Å². The molecule has 0 saturated carbocycles. The topological polar surface area (TPSA) is 52.7 Å². The van der Waals surface area contributed by atoms with Crippen LogP contribution in [-0.2, 0) is 16.8 Å². The predicted molar refractivity (Wildman–Crippen MR) is 100 cm³/mol. The number of rotatable bonds is 4. The van der Waals surface area contributed by atoms with E-state index in [1.165, 1.54) is 5.56 Å². The van der Waals surface area contributed by atoms with Crippen molar-refractivity contribution in [1.29, 1.82) is 0 Å². The van der Waals surface area contributed by atoms with E-state index in [1.54, 1.807) is 11.8 Å². The van der Waals surface area contributed by atoms with Crippen LogP contribution in [0.3, 0.4) is 0 Å². The van der Waals surface area contributed by atoms with E-state index in [0.29, 0.717) is 19.0 Å². The van der Waals surface area contributed by atoms with Crippen LogP contribution in [0.15, 0.2) is 24.3 Å². The van der Waals surface area contributed by atoms with Crippen molar-refractivity contribution >= 4 is 11.9 Å². The summed E-state index contributed by atoms with van der Waals surface area (Å²) in [6, 6.07) is 8.33. The van der Waals surface area contributed by atoms with Crippen LogP contribution in [0.25, 0.3) is 0 Å². The zero-order chi connectivity index (χ0) is 18.6. The molecule has 0 unspecified atom stereocenters. The summed E-state index contributed by atoms with van der Waals surface area (Å²) in [5, 5.41) is 2.97. The van der Waals surface area contributed by atoms with Crippen LogP contribution >= 0.6 is 0 Å². The number of nitrogens with one attached hydrogen (secondary N) is 1. The summed E-state index contributed by atoms with van der Waals surface area (Å²) in [7, 11) is 1.81. The Bertz CT molecular complexity index is 604. The Labute approximate surface area is 151 Å². The normalized spacial score (nSPS) is 17.5. The van der Waals surface area contributed by atoms with Gasteiger partial charge in [0.2, 0.25) is 5.91 Å². The molecule has 1 atom stereocenters. The summed E-state index contributed by atoms with van der Waals surface area (Å²) in [5.74, 6) is 0.485. The van der Waals surface area contributed by atoms with Crippen LogP contribution in [0.5, 0.6) is 0 Å². The number of benzene rings is 1. The quantitative estimate of drug-likeness (QED) is 0.912. The Kier molecular flexibility index (Phi) is 6.09. The van der Waals surface area contributed by atoms with Crippen molar-refractivity contribution in [3.8, 4) is 0 Å². The molecule has 1 N–H and O–H groups in total. The summed E-state index contributed by atoms with van der Waals surface area (Å²) >= 11 is 0. The lowest BCUT2D eigenvalue weighted by Crippen LogP contribution is -2.40. The van der Waals surface area contributed by atoms with Crippen LogP contribution in [0.4, 0.5) is 4.79 Å². The molecular formula is C20H31N3O2. The number of nitrogens with zero attached hydrogens (tertiary/aromatic N) is 2. The molecule has 5 heteroatoms. The first-order valence-electron chi connectivity index (χ1n) is 9.00. The van der Waals surface area contributed by atoms with Gasteiger partial charge in [0.15, 0.2) is 0 Å². The highest BCUT2D eigenvalue weighted by Gasteiger charge is 2.26.